The molecule has 15 heterocycles. The molecule has 6 aliphatic rings. The molecular weight excluding hydrogens is 1920 g/mol. The molecule has 6 aliphatic heterocycles. The average molecular weight is 2050 g/mol. The van der Waals surface area contributed by atoms with E-state index in [1.807, 2.05) is 147 Å². The molecule has 9 N–H and O–H groups in total. The quantitative estimate of drug-likeness (QED) is 0.0140. The van der Waals surface area contributed by atoms with Crippen molar-refractivity contribution in [2.75, 3.05) is 228 Å². The fourth-order valence-corrected chi connectivity index (χ4v) is 17.0. The van der Waals surface area contributed by atoms with Crippen molar-refractivity contribution in [3.63, 3.8) is 0 Å². The molecule has 0 saturated heterocycles. The van der Waals surface area contributed by atoms with Crippen LogP contribution >= 0.6 is 27.3 Å². The summed E-state index contributed by atoms with van der Waals surface area (Å²) in [7, 11) is 7.92. The van der Waals surface area contributed by atoms with Gasteiger partial charge in [0.15, 0.2) is 23.1 Å². The number of imidazole rings is 6. The van der Waals surface area contributed by atoms with E-state index in [9.17, 15) is 24.0 Å². The van der Waals surface area contributed by atoms with Gasteiger partial charge in [-0.05, 0) is 151 Å². The number of benzene rings is 4. The maximum absolute atomic E-state index is 12.3. The second-order valence-corrected chi connectivity index (χ2v) is 34.5. The zero-order valence-corrected chi connectivity index (χ0v) is 83.7. The Kier molecular flexibility index (Phi) is 38.6. The Morgan fingerprint density at radius 2 is 0.839 bits per heavy atom. The standard InChI is InChI=1S/C19H21N5O2S.C18H24N4O4.C17H23N5O2.C17H22N4O3.C16H21N5O4.C11H11BrN4O/c25-19(21-6-5-16-2-1-9-27-16)23-14-3-4-18-17(10-14)24(7-8-26-18)12-15-11-20-13-22-15;1-3-22(18(23)26-9-8-24-2)15-4-5-17-16(10-15)21(6-7-25-17)12-14-11-19-13-20-14;1-3-6-22(17(23)18-2)14-4-5-16-15(9-14)21(7-8-24-16)11-13-10-19-12-20-13;1-3-21(17(22)11-23-2)14-4-5-16-15(8-14)20(6-7-24-16)10-13-9-18-12-19-13;1-20(16(22)25-8-7-23-2)14-4-3-13-15(19-14)21(5-6-24-13)10-12-9-17-11-18-12;12-10-2-1-9-11(15-10)16(3-4-17-9)6-8-5-13-7-14-8/h1-4,9-11,13H,5-8,12H2,(H,20,22)(H2,21,23,25);4-5,10-11,13H,3,6-9,12H2,1-2H3,(H,19,20);4-5,9-10,12H,3,6-8,11H2,1-2H3,(H,18,23)(H,19,20);4-5,8-9,12H,3,6-7,10-11H2,1-2H3,(H,18,19);3-4,9,11H,5-8,10H2,1-2H3,(H,17,18);1-2,5,7H,3-4,6H2,(H,13,14). The summed E-state index contributed by atoms with van der Waals surface area (Å²) >= 11 is 5.08. The number of nitrogens with zero attached hydrogens (tertiary/aromatic N) is 18. The van der Waals surface area contributed by atoms with Crippen LogP contribution in [-0.4, -0.2) is 273 Å². The first kappa shape index (κ1) is 104. The number of nitrogens with one attached hydrogen (secondary N) is 9. The summed E-state index contributed by atoms with van der Waals surface area (Å²) in [5.41, 5.74) is 13.3. The summed E-state index contributed by atoms with van der Waals surface area (Å²) < 4.78 is 60.2. The lowest BCUT2D eigenvalue weighted by atomic mass is 10.2. The van der Waals surface area contributed by atoms with Gasteiger partial charge in [0.25, 0.3) is 5.91 Å². The van der Waals surface area contributed by atoms with E-state index in [1.165, 1.54) is 16.9 Å². The van der Waals surface area contributed by atoms with Crippen LogP contribution < -0.4 is 93.4 Å². The lowest BCUT2D eigenvalue weighted by Crippen LogP contribution is -2.39. The highest BCUT2D eigenvalue weighted by atomic mass is 79.9. The third-order valence-corrected chi connectivity index (χ3v) is 24.4. The van der Waals surface area contributed by atoms with Gasteiger partial charge < -0.3 is 132 Å². The number of aromatic nitrogens is 14. The Morgan fingerprint density at radius 1 is 0.448 bits per heavy atom. The number of thiophene rings is 1. The molecule has 0 radical (unpaired) electrons. The second-order valence-electron chi connectivity index (χ2n) is 32.7. The number of carbonyl (C=O) groups excluding carboxylic acids is 5. The van der Waals surface area contributed by atoms with Crippen molar-refractivity contribution < 1.29 is 76.1 Å². The normalized spacial score (nSPS) is 13.3. The van der Waals surface area contributed by atoms with Crippen molar-refractivity contribution >= 4 is 120 Å². The van der Waals surface area contributed by atoms with Gasteiger partial charge in [0.1, 0.15) is 92.9 Å². The molecule has 0 spiro atoms. The third-order valence-electron chi connectivity index (χ3n) is 23.0. The van der Waals surface area contributed by atoms with Gasteiger partial charge in [0.2, 0.25) is 0 Å². The first-order valence-electron chi connectivity index (χ1n) is 47.0. The molecule has 0 atom stereocenters. The zero-order valence-electron chi connectivity index (χ0n) is 81.3. The SMILES string of the molecule is Brc1ccc2c(n1)N(Cc1cnc[nH]1)CCO2.CCCN(C(=O)NC)c1ccc2c(c1)N(Cc1cnc[nH]1)CCO2.CCN(C(=O)COC)c1ccc2c(c1)N(Cc1cnc[nH]1)CCO2.CCN(C(=O)OCCOC)c1ccc2c(c1)N(Cc1cnc[nH]1)CCO2.COCCOC(=O)N(C)c1ccc2c(n1)N(Cc1cnc[nH]1)CCO2.O=C(NCCc1cccs1)Nc1ccc2c(c1)N(Cc1cnc[nH]1)CCO2. The molecule has 4 aromatic carbocycles. The molecule has 13 aromatic rings. The van der Waals surface area contributed by atoms with E-state index in [4.69, 9.17) is 52.1 Å². The summed E-state index contributed by atoms with van der Waals surface area (Å²) in [6, 6.07) is 34.3. The monoisotopic (exact) mass is 2040 g/mol. The van der Waals surface area contributed by atoms with Crippen LogP contribution in [-0.2, 0) is 74.2 Å². The van der Waals surface area contributed by atoms with Gasteiger partial charge in [-0.25, -0.2) is 59.0 Å². The number of anilines is 11. The molecule has 0 bridgehead atoms. The number of urea groups is 2. The molecule has 758 valence electrons. The topological polar surface area (TPSA) is 453 Å². The van der Waals surface area contributed by atoms with Crippen LogP contribution in [0.2, 0.25) is 0 Å². The van der Waals surface area contributed by atoms with Gasteiger partial charge in [-0.2, -0.15) is 0 Å². The Bertz CT molecular complexity index is 6080. The van der Waals surface area contributed by atoms with Gasteiger partial charge in [0.05, 0.1) is 187 Å². The van der Waals surface area contributed by atoms with Crippen molar-refractivity contribution in [3.8, 4) is 34.5 Å². The largest absolute Gasteiger partial charge is 0.490 e. The fourth-order valence-electron chi connectivity index (χ4n) is 16.0. The number of hydrogen-bond acceptors (Lipinski definition) is 31. The van der Waals surface area contributed by atoms with Crippen LogP contribution in [0.4, 0.5) is 82.1 Å². The molecule has 143 heavy (non-hydrogen) atoms. The van der Waals surface area contributed by atoms with Crippen molar-refractivity contribution in [2.45, 2.75) is 72.9 Å². The van der Waals surface area contributed by atoms with Gasteiger partial charge in [0, 0.05) is 126 Å². The van der Waals surface area contributed by atoms with Crippen LogP contribution in [0.15, 0.2) is 194 Å². The summed E-state index contributed by atoms with van der Waals surface area (Å²) in [5.74, 6) is 6.83. The number of halogens is 1. The third kappa shape index (κ3) is 29.2. The average Bonchev–Trinajstić information content (AvgIpc) is 1.65. The van der Waals surface area contributed by atoms with E-state index >= 15 is 0 Å². The maximum atomic E-state index is 12.3. The smallest absolute Gasteiger partial charge is 0.415 e. The number of ether oxygens (including phenoxy) is 11. The number of likely N-dealkylation sites (N-methyl/N-ethyl adjacent to an activating group) is 1. The first-order chi connectivity index (χ1) is 70.0. The molecular formula is C98H122BrN27O16S. The molecule has 7 amide bonds. The Labute approximate surface area is 840 Å². The lowest BCUT2D eigenvalue weighted by molar-refractivity contribution is -0.122. The summed E-state index contributed by atoms with van der Waals surface area (Å²) in [6.45, 7) is 22.2. The van der Waals surface area contributed by atoms with E-state index in [1.54, 1.807) is 105 Å². The number of pyridine rings is 2. The minimum absolute atomic E-state index is 0.0585. The zero-order chi connectivity index (χ0) is 100. The van der Waals surface area contributed by atoms with Crippen LogP contribution in [0, 0.1) is 0 Å². The van der Waals surface area contributed by atoms with Crippen molar-refractivity contribution in [3.05, 3.63) is 233 Å². The van der Waals surface area contributed by atoms with Gasteiger partial charge >= 0.3 is 24.2 Å². The second kappa shape index (κ2) is 53.3. The van der Waals surface area contributed by atoms with Gasteiger partial charge in [-0.15, -0.1) is 11.3 Å². The van der Waals surface area contributed by atoms with E-state index in [2.05, 4.69) is 144 Å². The number of H-pyrrole nitrogens is 6. The number of carbonyl (C=O) groups is 5. The van der Waals surface area contributed by atoms with Crippen LogP contribution in [0.1, 0.15) is 66.2 Å². The van der Waals surface area contributed by atoms with Crippen molar-refractivity contribution in [1.82, 2.24) is 80.4 Å². The molecule has 19 rings (SSSR count). The highest BCUT2D eigenvalue weighted by Gasteiger charge is 2.30. The Balaban J connectivity index is 0.000000137. The van der Waals surface area contributed by atoms with E-state index in [0.29, 0.717) is 123 Å². The number of rotatable bonds is 32. The predicted octanol–water partition coefficient (Wildman–Crippen LogP) is 13.2. The summed E-state index contributed by atoms with van der Waals surface area (Å²) in [6.07, 6.45) is 21.8. The number of fused-ring (bicyclic) bond motifs is 6. The highest BCUT2D eigenvalue weighted by Crippen LogP contribution is 2.42. The minimum Gasteiger partial charge on any atom is -0.490 e. The molecule has 0 fully saturated rings. The van der Waals surface area contributed by atoms with Crippen molar-refractivity contribution in [2.24, 2.45) is 0 Å². The van der Waals surface area contributed by atoms with Gasteiger partial charge in [-0.3, -0.25) is 19.5 Å². The number of methoxy groups -OCH3 is 3. The number of hydrogen-bond donors (Lipinski definition) is 9. The minimum atomic E-state index is -0.485. The van der Waals surface area contributed by atoms with Crippen LogP contribution in [0.25, 0.3) is 0 Å². The Hall–Kier alpha value is -15.4. The van der Waals surface area contributed by atoms with Crippen molar-refractivity contribution in [1.29, 1.82) is 0 Å². The Morgan fingerprint density at radius 3 is 1.24 bits per heavy atom. The van der Waals surface area contributed by atoms with E-state index < -0.39 is 6.09 Å². The highest BCUT2D eigenvalue weighted by molar-refractivity contribution is 9.10. The summed E-state index contributed by atoms with van der Waals surface area (Å²) in [4.78, 5) is 134. The maximum Gasteiger partial charge on any atom is 0.415 e. The van der Waals surface area contributed by atoms with E-state index in [0.717, 1.165) is 184 Å². The fraction of sp³-hybridized carbons (Fsp3) is 0.378. The molecule has 0 aliphatic carbocycles. The molecule has 0 unspecified atom stereocenters. The lowest BCUT2D eigenvalue weighted by Gasteiger charge is -2.32. The predicted molar refractivity (Wildman–Crippen MR) is 548 cm³/mol. The molecule has 45 heteroatoms. The number of aromatic amines is 6. The van der Waals surface area contributed by atoms with Crippen LogP contribution in [0.5, 0.6) is 34.5 Å². The van der Waals surface area contributed by atoms with Crippen LogP contribution in [0.3, 0.4) is 0 Å². The molecule has 9 aromatic heterocycles. The molecule has 0 saturated carbocycles. The number of amides is 7. The summed E-state index contributed by atoms with van der Waals surface area (Å²) in [5, 5.41) is 10.5. The first-order valence-corrected chi connectivity index (χ1v) is 48.7. The van der Waals surface area contributed by atoms with Gasteiger partial charge in [-0.1, -0.05) is 13.0 Å². The van der Waals surface area contributed by atoms with E-state index in [-0.39, 0.29) is 43.9 Å². The molecule has 43 nitrogen and oxygen atoms in total.